The van der Waals surface area contributed by atoms with Gasteiger partial charge in [-0.15, -0.1) is 0 Å². The Bertz CT molecular complexity index is 1190. The maximum atomic E-state index is 6.29. The second-order valence-electron chi connectivity index (χ2n) is 7.11. The van der Waals surface area contributed by atoms with E-state index in [1.807, 2.05) is 66.9 Å². The highest BCUT2D eigenvalue weighted by molar-refractivity contribution is 5.95. The van der Waals surface area contributed by atoms with Gasteiger partial charge in [0.05, 0.1) is 0 Å². The number of benzene rings is 3. The van der Waals surface area contributed by atoms with Gasteiger partial charge in [0.2, 0.25) is 0 Å². The number of nitrogens with one attached hydrogen (secondary N) is 1. The lowest BCUT2D eigenvalue weighted by atomic mass is 9.98. The van der Waals surface area contributed by atoms with Gasteiger partial charge >= 0.3 is 0 Å². The smallest absolute Gasteiger partial charge is 0.135 e. The van der Waals surface area contributed by atoms with Crippen molar-refractivity contribution in [2.45, 2.75) is 6.92 Å². The Morgan fingerprint density at radius 2 is 1.63 bits per heavy atom. The van der Waals surface area contributed by atoms with Crippen LogP contribution in [0.4, 0.5) is 5.82 Å². The molecule has 0 aliphatic rings. The predicted octanol–water partition coefficient (Wildman–Crippen LogP) is 7.09. The zero-order chi connectivity index (χ0) is 20.9. The van der Waals surface area contributed by atoms with Crippen LogP contribution in [0.2, 0.25) is 0 Å². The van der Waals surface area contributed by atoms with Crippen LogP contribution in [0.5, 0.6) is 11.5 Å². The molecule has 1 heterocycles. The lowest BCUT2D eigenvalue weighted by Crippen LogP contribution is -1.92. The summed E-state index contributed by atoms with van der Waals surface area (Å²) < 4.78 is 6.14. The molecule has 0 aliphatic heterocycles. The second kappa shape index (κ2) is 8.58. The number of anilines is 1. The van der Waals surface area contributed by atoms with E-state index in [-0.39, 0.29) is 0 Å². The Labute approximate surface area is 177 Å². The Hall–Kier alpha value is -3.98. The fourth-order valence-electron chi connectivity index (χ4n) is 3.39. The van der Waals surface area contributed by atoms with Crippen LogP contribution in [0.15, 0.2) is 97.7 Å². The van der Waals surface area contributed by atoms with Gasteiger partial charge in [0.25, 0.3) is 0 Å². The topological polar surface area (TPSA) is 51.0 Å². The zero-order valence-electron chi connectivity index (χ0n) is 16.9. The van der Waals surface area contributed by atoms with Crippen LogP contribution in [0.1, 0.15) is 16.7 Å². The summed E-state index contributed by atoms with van der Waals surface area (Å²) >= 11 is 0. The van der Waals surface area contributed by atoms with Crippen molar-refractivity contribution in [3.63, 3.8) is 0 Å². The Morgan fingerprint density at radius 1 is 0.933 bits per heavy atom. The summed E-state index contributed by atoms with van der Waals surface area (Å²) in [5, 5.41) is 0. The number of aryl methyl sites for hydroxylation is 1. The molecule has 0 fully saturated rings. The van der Waals surface area contributed by atoms with Crippen molar-refractivity contribution >= 4 is 17.5 Å². The third kappa shape index (κ3) is 4.06. The van der Waals surface area contributed by atoms with Crippen LogP contribution in [0.3, 0.4) is 0 Å². The van der Waals surface area contributed by atoms with Gasteiger partial charge in [-0.1, -0.05) is 78.9 Å². The summed E-state index contributed by atoms with van der Waals surface area (Å²) in [5.74, 6) is 2.17. The van der Waals surface area contributed by atoms with E-state index in [0.717, 1.165) is 39.3 Å². The van der Waals surface area contributed by atoms with Crippen molar-refractivity contribution in [1.82, 2.24) is 4.98 Å². The van der Waals surface area contributed by atoms with Crippen LogP contribution < -0.4 is 10.5 Å². The first kappa shape index (κ1) is 19.3. The Kier molecular flexibility index (Phi) is 5.53. The van der Waals surface area contributed by atoms with Gasteiger partial charge in [-0.05, 0) is 42.3 Å². The SMILES string of the molecule is C=C/C(=C\c1c(-c2ccc(C)cc2)c[nH]c1N)c1ccccc1Oc1ccccc1. The van der Waals surface area contributed by atoms with Crippen molar-refractivity contribution in [1.29, 1.82) is 0 Å². The largest absolute Gasteiger partial charge is 0.457 e. The van der Waals surface area contributed by atoms with Crippen molar-refractivity contribution in [3.8, 4) is 22.6 Å². The molecule has 0 unspecified atom stereocenters. The van der Waals surface area contributed by atoms with E-state index in [0.29, 0.717) is 5.82 Å². The summed E-state index contributed by atoms with van der Waals surface area (Å²) in [6, 6.07) is 26.1. The van der Waals surface area contributed by atoms with Gasteiger partial charge in [0.15, 0.2) is 0 Å². The van der Waals surface area contributed by atoms with Gasteiger partial charge in [0.1, 0.15) is 17.3 Å². The number of hydrogen-bond acceptors (Lipinski definition) is 2. The molecule has 1 aromatic heterocycles. The summed E-state index contributed by atoms with van der Waals surface area (Å²) in [5.41, 5.74) is 12.5. The average Bonchev–Trinajstić information content (AvgIpc) is 3.14. The van der Waals surface area contributed by atoms with E-state index in [1.165, 1.54) is 5.56 Å². The van der Waals surface area contributed by atoms with Crippen molar-refractivity contribution in [2.24, 2.45) is 0 Å². The Morgan fingerprint density at radius 3 is 2.37 bits per heavy atom. The molecule has 3 nitrogen and oxygen atoms in total. The van der Waals surface area contributed by atoms with Gasteiger partial charge in [-0.2, -0.15) is 0 Å². The van der Waals surface area contributed by atoms with Crippen molar-refractivity contribution in [2.75, 3.05) is 5.73 Å². The summed E-state index contributed by atoms with van der Waals surface area (Å²) in [6.45, 7) is 6.11. The number of rotatable bonds is 6. The minimum atomic E-state index is 0.617. The number of hydrogen-bond donors (Lipinski definition) is 2. The molecule has 0 saturated carbocycles. The monoisotopic (exact) mass is 392 g/mol. The molecule has 0 aliphatic carbocycles. The molecule has 3 aromatic carbocycles. The summed E-state index contributed by atoms with van der Waals surface area (Å²) in [4.78, 5) is 3.15. The Balaban J connectivity index is 1.77. The first-order chi connectivity index (χ1) is 14.7. The van der Waals surface area contributed by atoms with Crippen LogP contribution >= 0.6 is 0 Å². The van der Waals surface area contributed by atoms with Gasteiger partial charge in [-0.3, -0.25) is 0 Å². The number of nitrogens with two attached hydrogens (primary N) is 1. The summed E-state index contributed by atoms with van der Waals surface area (Å²) in [6.07, 6.45) is 5.83. The second-order valence-corrected chi connectivity index (χ2v) is 7.11. The van der Waals surface area contributed by atoms with E-state index in [9.17, 15) is 0 Å². The molecule has 0 radical (unpaired) electrons. The molecule has 0 saturated heterocycles. The zero-order valence-corrected chi connectivity index (χ0v) is 16.9. The maximum absolute atomic E-state index is 6.29. The lowest BCUT2D eigenvalue weighted by Gasteiger charge is -2.12. The first-order valence-corrected chi connectivity index (χ1v) is 9.86. The molecule has 0 amide bonds. The number of H-pyrrole nitrogens is 1. The van der Waals surface area contributed by atoms with Crippen LogP contribution in [-0.4, -0.2) is 4.98 Å². The van der Waals surface area contributed by atoms with E-state index >= 15 is 0 Å². The maximum Gasteiger partial charge on any atom is 0.135 e. The minimum Gasteiger partial charge on any atom is -0.457 e. The van der Waals surface area contributed by atoms with Crippen LogP contribution in [0, 0.1) is 6.92 Å². The molecule has 4 aromatic rings. The highest BCUT2D eigenvalue weighted by atomic mass is 16.5. The molecule has 4 rings (SSSR count). The number of aromatic amines is 1. The van der Waals surface area contributed by atoms with Crippen LogP contribution in [0.25, 0.3) is 22.8 Å². The predicted molar refractivity (Wildman–Crippen MR) is 126 cm³/mol. The standard InChI is InChI=1S/C27H24N2O/c1-3-20(23-11-7-8-12-26(23)30-22-9-5-4-6-10-22)17-24-25(18-29-27(24)28)21-15-13-19(2)14-16-21/h3-18,29H,1,28H2,2H3/b20-17+. The number of nitrogen functional groups attached to an aromatic ring is 1. The molecule has 3 heteroatoms. The fraction of sp³-hybridized carbons (Fsp3) is 0.0370. The third-order valence-electron chi connectivity index (χ3n) is 5.00. The number of allylic oxidation sites excluding steroid dienone is 2. The normalized spacial score (nSPS) is 11.3. The molecule has 30 heavy (non-hydrogen) atoms. The third-order valence-corrected chi connectivity index (χ3v) is 5.00. The quantitative estimate of drug-likeness (QED) is 0.344. The highest BCUT2D eigenvalue weighted by Gasteiger charge is 2.13. The van der Waals surface area contributed by atoms with Gasteiger partial charge < -0.3 is 15.5 Å². The number of ether oxygens (including phenoxy) is 1. The molecule has 0 spiro atoms. The average molecular weight is 393 g/mol. The van der Waals surface area contributed by atoms with E-state index in [4.69, 9.17) is 10.5 Å². The molecular formula is C27H24N2O. The summed E-state index contributed by atoms with van der Waals surface area (Å²) in [7, 11) is 0. The fourth-order valence-corrected chi connectivity index (χ4v) is 3.39. The van der Waals surface area contributed by atoms with Crippen molar-refractivity contribution < 1.29 is 4.74 Å². The lowest BCUT2D eigenvalue weighted by molar-refractivity contribution is 0.481. The van der Waals surface area contributed by atoms with E-state index in [1.54, 1.807) is 0 Å². The molecule has 0 atom stereocenters. The molecule has 148 valence electrons. The minimum absolute atomic E-state index is 0.617. The number of aromatic nitrogens is 1. The van der Waals surface area contributed by atoms with E-state index < -0.39 is 0 Å². The first-order valence-electron chi connectivity index (χ1n) is 9.86. The van der Waals surface area contributed by atoms with E-state index in [2.05, 4.69) is 48.8 Å². The molecular weight excluding hydrogens is 368 g/mol. The molecule has 3 N–H and O–H groups in total. The highest BCUT2D eigenvalue weighted by Crippen LogP contribution is 2.35. The van der Waals surface area contributed by atoms with Crippen molar-refractivity contribution in [3.05, 3.63) is 114 Å². The van der Waals surface area contributed by atoms with Gasteiger partial charge in [-0.25, -0.2) is 0 Å². The van der Waals surface area contributed by atoms with Crippen LogP contribution in [-0.2, 0) is 0 Å². The van der Waals surface area contributed by atoms with Gasteiger partial charge in [0, 0.05) is 22.9 Å². The molecule has 0 bridgehead atoms. The number of para-hydroxylation sites is 2.